The first-order valence-corrected chi connectivity index (χ1v) is 10.4. The smallest absolute Gasteiger partial charge is 0.262 e. The maximum absolute atomic E-state index is 12.3. The van der Waals surface area contributed by atoms with Gasteiger partial charge >= 0.3 is 0 Å². The molecular weight excluding hydrogens is 374 g/mol. The van der Waals surface area contributed by atoms with Gasteiger partial charge in [0.2, 0.25) is 0 Å². The van der Waals surface area contributed by atoms with E-state index in [1.54, 1.807) is 0 Å². The summed E-state index contributed by atoms with van der Waals surface area (Å²) in [6, 6.07) is 25.6. The number of hydrogen-bond acceptors (Lipinski definition) is 3. The average Bonchev–Trinajstić information content (AvgIpc) is 2.76. The number of hydrogen-bond donors (Lipinski definition) is 1. The molecule has 0 atom stereocenters. The van der Waals surface area contributed by atoms with Gasteiger partial charge in [0.1, 0.15) is 11.5 Å². The van der Waals surface area contributed by atoms with Gasteiger partial charge in [-0.2, -0.15) is 0 Å². The zero-order chi connectivity index (χ0) is 21.2. The van der Waals surface area contributed by atoms with Gasteiger partial charge in [-0.1, -0.05) is 68.4 Å². The molecule has 0 saturated carbocycles. The summed E-state index contributed by atoms with van der Waals surface area (Å²) >= 11 is 0. The first-order valence-electron chi connectivity index (χ1n) is 10.4. The van der Waals surface area contributed by atoms with Crippen LogP contribution >= 0.6 is 0 Å². The number of ether oxygens (including phenoxy) is 2. The summed E-state index contributed by atoms with van der Waals surface area (Å²) in [6.07, 6.45) is 1.91. The Morgan fingerprint density at radius 3 is 2.47 bits per heavy atom. The van der Waals surface area contributed by atoms with Crippen molar-refractivity contribution in [1.82, 2.24) is 0 Å². The Morgan fingerprint density at radius 2 is 1.67 bits per heavy atom. The number of amides is 1. The molecule has 0 saturated heterocycles. The number of anilines is 1. The van der Waals surface area contributed by atoms with Crippen LogP contribution in [0.2, 0.25) is 0 Å². The third kappa shape index (κ3) is 6.66. The van der Waals surface area contributed by atoms with Crippen molar-refractivity contribution in [3.05, 3.63) is 90.0 Å². The number of carbonyl (C=O) groups excluding carboxylic acids is 1. The highest BCUT2D eigenvalue weighted by Gasteiger charge is 2.10. The second-order valence-corrected chi connectivity index (χ2v) is 7.49. The molecule has 0 spiro atoms. The van der Waals surface area contributed by atoms with Crippen molar-refractivity contribution < 1.29 is 14.3 Å². The van der Waals surface area contributed by atoms with E-state index >= 15 is 0 Å². The fraction of sp³-hybridized carbons (Fsp3) is 0.269. The SMILES string of the molecule is CC(C)c1ccccc1OCC(=O)Nc1cccc(OCCCc2ccccc2)c1. The van der Waals surface area contributed by atoms with Crippen molar-refractivity contribution in [3.63, 3.8) is 0 Å². The number of rotatable bonds is 10. The number of carbonyl (C=O) groups is 1. The molecule has 156 valence electrons. The van der Waals surface area contributed by atoms with Crippen molar-refractivity contribution in [2.24, 2.45) is 0 Å². The number of para-hydroxylation sites is 1. The van der Waals surface area contributed by atoms with Gasteiger partial charge in [0.25, 0.3) is 5.91 Å². The summed E-state index contributed by atoms with van der Waals surface area (Å²) in [7, 11) is 0. The number of nitrogens with one attached hydrogen (secondary N) is 1. The molecule has 0 unspecified atom stereocenters. The van der Waals surface area contributed by atoms with Crippen molar-refractivity contribution in [2.75, 3.05) is 18.5 Å². The molecule has 0 aliphatic rings. The zero-order valence-corrected chi connectivity index (χ0v) is 17.6. The fourth-order valence-electron chi connectivity index (χ4n) is 3.20. The van der Waals surface area contributed by atoms with E-state index in [1.165, 1.54) is 5.56 Å². The minimum atomic E-state index is -0.199. The highest BCUT2D eigenvalue weighted by molar-refractivity contribution is 5.92. The Bertz CT molecular complexity index is 938. The fourth-order valence-corrected chi connectivity index (χ4v) is 3.20. The minimum Gasteiger partial charge on any atom is -0.494 e. The van der Waals surface area contributed by atoms with Crippen LogP contribution in [0.4, 0.5) is 5.69 Å². The summed E-state index contributed by atoms with van der Waals surface area (Å²) in [5.41, 5.74) is 3.10. The lowest BCUT2D eigenvalue weighted by atomic mass is 10.0. The Morgan fingerprint density at radius 1 is 0.900 bits per heavy atom. The Hall–Kier alpha value is -3.27. The summed E-state index contributed by atoms with van der Waals surface area (Å²) in [5, 5.41) is 2.87. The van der Waals surface area contributed by atoms with E-state index in [2.05, 4.69) is 31.3 Å². The third-order valence-electron chi connectivity index (χ3n) is 4.74. The van der Waals surface area contributed by atoms with E-state index in [0.29, 0.717) is 18.2 Å². The molecule has 3 aromatic carbocycles. The maximum atomic E-state index is 12.3. The normalized spacial score (nSPS) is 10.6. The summed E-state index contributed by atoms with van der Waals surface area (Å²) in [5.74, 6) is 1.62. The lowest BCUT2D eigenvalue weighted by Crippen LogP contribution is -2.20. The second-order valence-electron chi connectivity index (χ2n) is 7.49. The highest BCUT2D eigenvalue weighted by atomic mass is 16.5. The lowest BCUT2D eigenvalue weighted by molar-refractivity contribution is -0.118. The van der Waals surface area contributed by atoms with Gasteiger partial charge in [0, 0.05) is 11.8 Å². The Balaban J connectivity index is 1.46. The van der Waals surface area contributed by atoms with Gasteiger partial charge in [-0.15, -0.1) is 0 Å². The van der Waals surface area contributed by atoms with Crippen molar-refractivity contribution in [3.8, 4) is 11.5 Å². The summed E-state index contributed by atoms with van der Waals surface area (Å²) < 4.78 is 11.6. The van der Waals surface area contributed by atoms with Gasteiger partial charge < -0.3 is 14.8 Å². The molecule has 3 rings (SSSR count). The van der Waals surface area contributed by atoms with Crippen molar-refractivity contribution >= 4 is 11.6 Å². The molecule has 0 aromatic heterocycles. The minimum absolute atomic E-state index is 0.0358. The molecule has 0 heterocycles. The predicted octanol–water partition coefficient (Wildman–Crippen LogP) is 5.84. The molecule has 0 bridgehead atoms. The second kappa shape index (κ2) is 11.1. The quantitative estimate of drug-likeness (QED) is 0.433. The van der Waals surface area contributed by atoms with E-state index in [-0.39, 0.29) is 12.5 Å². The van der Waals surface area contributed by atoms with E-state index in [9.17, 15) is 4.79 Å². The van der Waals surface area contributed by atoms with E-state index < -0.39 is 0 Å². The molecule has 30 heavy (non-hydrogen) atoms. The molecule has 3 aromatic rings. The first kappa shape index (κ1) is 21.4. The van der Waals surface area contributed by atoms with E-state index in [1.807, 2.05) is 66.7 Å². The van der Waals surface area contributed by atoms with Crippen LogP contribution in [0.5, 0.6) is 11.5 Å². The van der Waals surface area contributed by atoms with Crippen LogP contribution in [0.3, 0.4) is 0 Å². The van der Waals surface area contributed by atoms with Crippen LogP contribution in [-0.2, 0) is 11.2 Å². The van der Waals surface area contributed by atoms with Crippen LogP contribution in [0.15, 0.2) is 78.9 Å². The molecule has 1 amide bonds. The average molecular weight is 404 g/mol. The number of benzene rings is 3. The Labute approximate surface area is 178 Å². The van der Waals surface area contributed by atoms with Crippen LogP contribution in [0.25, 0.3) is 0 Å². The largest absolute Gasteiger partial charge is 0.494 e. The van der Waals surface area contributed by atoms with E-state index in [4.69, 9.17) is 9.47 Å². The zero-order valence-electron chi connectivity index (χ0n) is 17.6. The summed E-state index contributed by atoms with van der Waals surface area (Å²) in [6.45, 7) is 4.80. The van der Waals surface area contributed by atoms with Crippen molar-refractivity contribution in [1.29, 1.82) is 0 Å². The molecule has 1 N–H and O–H groups in total. The Kier molecular flexibility index (Phi) is 7.90. The molecule has 0 radical (unpaired) electrons. The molecular formula is C26H29NO3. The van der Waals surface area contributed by atoms with Gasteiger partial charge in [0.05, 0.1) is 6.61 Å². The van der Waals surface area contributed by atoms with Crippen molar-refractivity contribution in [2.45, 2.75) is 32.6 Å². The summed E-state index contributed by atoms with van der Waals surface area (Å²) in [4.78, 5) is 12.3. The van der Waals surface area contributed by atoms with Crippen LogP contribution in [0.1, 0.15) is 37.3 Å². The van der Waals surface area contributed by atoms with Crippen LogP contribution < -0.4 is 14.8 Å². The van der Waals surface area contributed by atoms with E-state index in [0.717, 1.165) is 29.9 Å². The maximum Gasteiger partial charge on any atom is 0.262 e. The number of aryl methyl sites for hydroxylation is 1. The lowest BCUT2D eigenvalue weighted by Gasteiger charge is -2.14. The predicted molar refractivity (Wildman–Crippen MR) is 121 cm³/mol. The van der Waals surface area contributed by atoms with Crippen LogP contribution in [-0.4, -0.2) is 19.1 Å². The first-order chi connectivity index (χ1) is 14.6. The molecule has 4 heteroatoms. The molecule has 0 aliphatic heterocycles. The topological polar surface area (TPSA) is 47.6 Å². The molecule has 0 fully saturated rings. The molecule has 4 nitrogen and oxygen atoms in total. The molecule has 0 aliphatic carbocycles. The highest BCUT2D eigenvalue weighted by Crippen LogP contribution is 2.26. The van der Waals surface area contributed by atoms with Gasteiger partial charge in [-0.3, -0.25) is 4.79 Å². The van der Waals surface area contributed by atoms with Gasteiger partial charge in [-0.25, -0.2) is 0 Å². The van der Waals surface area contributed by atoms with Gasteiger partial charge in [0.15, 0.2) is 6.61 Å². The monoisotopic (exact) mass is 403 g/mol. The standard InChI is InChI=1S/C26H29NO3/c1-20(2)24-15-6-7-16-25(24)30-19-26(28)27-22-13-8-14-23(18-22)29-17-9-12-21-10-4-3-5-11-21/h3-8,10-11,13-16,18,20H,9,12,17,19H2,1-2H3,(H,27,28). The van der Waals surface area contributed by atoms with Gasteiger partial charge in [-0.05, 0) is 48.1 Å². The third-order valence-corrected chi connectivity index (χ3v) is 4.74. The van der Waals surface area contributed by atoms with Crippen LogP contribution in [0, 0.1) is 0 Å².